The van der Waals surface area contributed by atoms with Crippen molar-refractivity contribution in [3.8, 4) is 0 Å². The lowest BCUT2D eigenvalue weighted by atomic mass is 10.4. The van der Waals surface area contributed by atoms with Crippen LogP contribution in [-0.4, -0.2) is 25.4 Å². The van der Waals surface area contributed by atoms with Gasteiger partial charge in [0.25, 0.3) is 0 Å². The maximum Gasteiger partial charge on any atom is 0.0878 e. The van der Waals surface area contributed by atoms with Crippen molar-refractivity contribution in [2.75, 3.05) is 0 Å². The van der Waals surface area contributed by atoms with Crippen molar-refractivity contribution in [2.24, 2.45) is 0 Å². The van der Waals surface area contributed by atoms with Crippen molar-refractivity contribution in [3.05, 3.63) is 49.1 Å². The van der Waals surface area contributed by atoms with Crippen LogP contribution in [0.5, 0.6) is 0 Å². The summed E-state index contributed by atoms with van der Waals surface area (Å²) in [5.41, 5.74) is 2.12. The van der Waals surface area contributed by atoms with Crippen LogP contribution in [0.1, 0.15) is 0 Å². The van der Waals surface area contributed by atoms with Crippen molar-refractivity contribution in [2.45, 2.75) is 0 Å². The summed E-state index contributed by atoms with van der Waals surface area (Å²) in [6, 6.07) is 7.59. The van der Waals surface area contributed by atoms with Gasteiger partial charge in [0.1, 0.15) is 0 Å². The molecule has 3 heterocycles. The summed E-state index contributed by atoms with van der Waals surface area (Å²) in [5, 5.41) is 10.1. The molecule has 0 fully saturated rings. The topological polar surface area (TPSA) is 67.3 Å². The summed E-state index contributed by atoms with van der Waals surface area (Å²) in [6.07, 6.45) is 6.83. The number of rotatable bonds is 0. The van der Waals surface area contributed by atoms with Crippen LogP contribution in [-0.2, 0) is 0 Å². The highest BCUT2D eigenvalue weighted by atomic mass is 15.3. The Labute approximate surface area is 86.2 Å². The second-order valence-corrected chi connectivity index (χ2v) is 2.72. The Bertz CT molecular complexity index is 448. The van der Waals surface area contributed by atoms with Crippen LogP contribution >= 0.6 is 0 Å². The molecular weight excluding hydrogens is 190 g/mol. The van der Waals surface area contributed by atoms with Crippen LogP contribution < -0.4 is 0 Å². The number of hydrogen-bond acceptors (Lipinski definition) is 4. The molecule has 0 aliphatic rings. The standard InChI is InChI=1S/C7H6N2.C3H3N3/c1-2-6-7(8-4-1)3-5-9-6;1-2-4-6-5-3-1/h1-5,9H;1-3H. The molecule has 0 radical (unpaired) electrons. The van der Waals surface area contributed by atoms with Crippen molar-refractivity contribution in [3.63, 3.8) is 0 Å². The molecule has 5 nitrogen and oxygen atoms in total. The minimum absolute atomic E-state index is 1.03. The Kier molecular flexibility index (Phi) is 2.97. The Balaban J connectivity index is 0.000000124. The smallest absolute Gasteiger partial charge is 0.0878 e. The van der Waals surface area contributed by atoms with Crippen LogP contribution in [0, 0.1) is 0 Å². The molecule has 5 heteroatoms. The largest absolute Gasteiger partial charge is 0.360 e. The number of pyridine rings is 1. The maximum absolute atomic E-state index is 4.11. The SMILES string of the molecule is c1cnc2cc[nH]c2c1.c1cnnnc1. The first-order chi connectivity index (χ1) is 7.47. The van der Waals surface area contributed by atoms with Gasteiger partial charge in [-0.15, -0.1) is 10.2 Å². The number of fused-ring (bicyclic) bond motifs is 1. The number of hydrogen-bond donors (Lipinski definition) is 1. The van der Waals surface area contributed by atoms with Crippen molar-refractivity contribution >= 4 is 11.0 Å². The molecule has 3 aromatic heterocycles. The minimum atomic E-state index is 1.03. The van der Waals surface area contributed by atoms with Gasteiger partial charge in [0.05, 0.1) is 23.4 Å². The van der Waals surface area contributed by atoms with Crippen LogP contribution in [0.15, 0.2) is 49.1 Å². The summed E-state index contributed by atoms with van der Waals surface area (Å²) in [6.45, 7) is 0. The normalized spacial score (nSPS) is 9.33. The van der Waals surface area contributed by atoms with E-state index in [1.807, 2.05) is 24.4 Å². The number of H-pyrrole nitrogens is 1. The van der Waals surface area contributed by atoms with E-state index in [2.05, 4.69) is 25.4 Å². The average molecular weight is 199 g/mol. The van der Waals surface area contributed by atoms with Crippen LogP contribution in [0.4, 0.5) is 0 Å². The Morgan fingerprint density at radius 3 is 2.40 bits per heavy atom. The quantitative estimate of drug-likeness (QED) is 0.594. The van der Waals surface area contributed by atoms with Gasteiger partial charge < -0.3 is 4.98 Å². The number of aromatic nitrogens is 5. The molecule has 74 valence electrons. The van der Waals surface area contributed by atoms with E-state index in [0.29, 0.717) is 0 Å². The highest BCUT2D eigenvalue weighted by Gasteiger charge is 1.88. The van der Waals surface area contributed by atoms with Gasteiger partial charge in [-0.3, -0.25) is 4.98 Å². The predicted octanol–water partition coefficient (Wildman–Crippen LogP) is 1.43. The van der Waals surface area contributed by atoms with Gasteiger partial charge in [-0.25, -0.2) is 0 Å². The molecule has 1 N–H and O–H groups in total. The second-order valence-electron chi connectivity index (χ2n) is 2.72. The number of nitrogens with zero attached hydrogens (tertiary/aromatic N) is 4. The lowest BCUT2D eigenvalue weighted by Crippen LogP contribution is -1.78. The van der Waals surface area contributed by atoms with Gasteiger partial charge in [0.15, 0.2) is 0 Å². The van der Waals surface area contributed by atoms with Crippen LogP contribution in [0.3, 0.4) is 0 Å². The molecule has 3 aromatic rings. The van der Waals surface area contributed by atoms with Crippen molar-refractivity contribution < 1.29 is 0 Å². The average Bonchev–Trinajstić information content (AvgIpc) is 2.80. The zero-order valence-corrected chi connectivity index (χ0v) is 7.91. The fraction of sp³-hybridized carbons (Fsp3) is 0. The fourth-order valence-corrected chi connectivity index (χ4v) is 1.09. The highest BCUT2D eigenvalue weighted by molar-refractivity contribution is 5.73. The van der Waals surface area contributed by atoms with Gasteiger partial charge in [0, 0.05) is 12.4 Å². The third-order valence-corrected chi connectivity index (χ3v) is 1.73. The van der Waals surface area contributed by atoms with Crippen LogP contribution in [0.25, 0.3) is 11.0 Å². The van der Waals surface area contributed by atoms with E-state index in [0.717, 1.165) is 11.0 Å². The van der Waals surface area contributed by atoms with Gasteiger partial charge in [-0.2, -0.15) is 0 Å². The third kappa shape index (κ3) is 2.57. The molecule has 0 aliphatic heterocycles. The molecule has 0 saturated carbocycles. The van der Waals surface area contributed by atoms with E-state index in [1.54, 1.807) is 24.7 Å². The number of nitrogens with one attached hydrogen (secondary N) is 1. The second kappa shape index (κ2) is 4.80. The molecule has 0 unspecified atom stereocenters. The van der Waals surface area contributed by atoms with Gasteiger partial charge in [0.2, 0.25) is 0 Å². The fourth-order valence-electron chi connectivity index (χ4n) is 1.09. The first-order valence-electron chi connectivity index (χ1n) is 4.43. The monoisotopic (exact) mass is 199 g/mol. The molecular formula is C10H9N5. The Morgan fingerprint density at radius 2 is 1.80 bits per heavy atom. The summed E-state index contributed by atoms with van der Waals surface area (Å²) in [4.78, 5) is 7.17. The molecule has 0 bridgehead atoms. The lowest BCUT2D eigenvalue weighted by molar-refractivity contribution is 0.865. The zero-order chi connectivity index (χ0) is 10.3. The van der Waals surface area contributed by atoms with Crippen molar-refractivity contribution in [1.29, 1.82) is 0 Å². The molecule has 3 rings (SSSR count). The molecule has 15 heavy (non-hydrogen) atoms. The molecule has 0 saturated heterocycles. The molecule has 0 spiro atoms. The summed E-state index contributed by atoms with van der Waals surface area (Å²) < 4.78 is 0. The lowest BCUT2D eigenvalue weighted by Gasteiger charge is -1.82. The maximum atomic E-state index is 4.11. The van der Waals surface area contributed by atoms with Crippen molar-refractivity contribution in [1.82, 2.24) is 25.4 Å². The molecule has 0 amide bonds. The summed E-state index contributed by atoms with van der Waals surface area (Å²) >= 11 is 0. The van der Waals surface area contributed by atoms with E-state index >= 15 is 0 Å². The minimum Gasteiger partial charge on any atom is -0.360 e. The van der Waals surface area contributed by atoms with Crippen LogP contribution in [0.2, 0.25) is 0 Å². The summed E-state index contributed by atoms with van der Waals surface area (Å²) in [7, 11) is 0. The number of aromatic amines is 1. The zero-order valence-electron chi connectivity index (χ0n) is 7.91. The predicted molar refractivity (Wildman–Crippen MR) is 55.9 cm³/mol. The molecule has 0 aliphatic carbocycles. The van der Waals surface area contributed by atoms with E-state index in [4.69, 9.17) is 0 Å². The molecule has 0 aromatic carbocycles. The van der Waals surface area contributed by atoms with E-state index < -0.39 is 0 Å². The third-order valence-electron chi connectivity index (χ3n) is 1.73. The van der Waals surface area contributed by atoms with Gasteiger partial charge in [-0.05, 0) is 29.5 Å². The van der Waals surface area contributed by atoms with E-state index in [-0.39, 0.29) is 0 Å². The van der Waals surface area contributed by atoms with Gasteiger partial charge in [-0.1, -0.05) is 0 Å². The van der Waals surface area contributed by atoms with E-state index in [9.17, 15) is 0 Å². The first kappa shape index (κ1) is 9.26. The van der Waals surface area contributed by atoms with Gasteiger partial charge >= 0.3 is 0 Å². The van der Waals surface area contributed by atoms with E-state index in [1.165, 1.54) is 0 Å². The Morgan fingerprint density at radius 1 is 0.933 bits per heavy atom. The summed E-state index contributed by atoms with van der Waals surface area (Å²) in [5.74, 6) is 0. The first-order valence-corrected chi connectivity index (χ1v) is 4.43. The highest BCUT2D eigenvalue weighted by Crippen LogP contribution is 2.05. The molecule has 0 atom stereocenters. The Hall–Kier alpha value is -2.30.